The Balaban J connectivity index is 1.27. The highest BCUT2D eigenvalue weighted by Gasteiger charge is 2.24. The molecule has 29 heavy (non-hydrogen) atoms. The van der Waals surface area contributed by atoms with Crippen molar-refractivity contribution in [2.24, 2.45) is 0 Å². The van der Waals surface area contributed by atoms with Crippen molar-refractivity contribution in [1.82, 2.24) is 15.2 Å². The van der Waals surface area contributed by atoms with E-state index in [0.717, 1.165) is 47.0 Å². The molecule has 0 bridgehead atoms. The molecule has 2 amide bonds. The van der Waals surface area contributed by atoms with Crippen LogP contribution in [0.15, 0.2) is 59.1 Å². The van der Waals surface area contributed by atoms with Crippen LogP contribution in [-0.4, -0.2) is 47.4 Å². The van der Waals surface area contributed by atoms with Gasteiger partial charge in [-0.25, -0.2) is 0 Å². The Hall–Kier alpha value is -2.64. The highest BCUT2D eigenvalue weighted by Crippen LogP contribution is 2.27. The van der Waals surface area contributed by atoms with E-state index in [4.69, 9.17) is 0 Å². The first-order chi connectivity index (χ1) is 14.1. The Bertz CT molecular complexity index is 1010. The van der Waals surface area contributed by atoms with Crippen LogP contribution >= 0.6 is 15.9 Å². The molecule has 0 saturated carbocycles. The van der Waals surface area contributed by atoms with Crippen LogP contribution < -0.4 is 10.6 Å². The monoisotopic (exact) mass is 454 g/mol. The van der Waals surface area contributed by atoms with E-state index < -0.39 is 0 Å². The van der Waals surface area contributed by atoms with Gasteiger partial charge in [0.2, 0.25) is 5.91 Å². The third-order valence-electron chi connectivity index (χ3n) is 5.22. The molecule has 150 valence electrons. The average molecular weight is 455 g/mol. The summed E-state index contributed by atoms with van der Waals surface area (Å²) in [5.74, 6) is -0.117. The van der Waals surface area contributed by atoms with E-state index in [0.29, 0.717) is 12.2 Å². The highest BCUT2D eigenvalue weighted by molar-refractivity contribution is 9.10. The van der Waals surface area contributed by atoms with Crippen LogP contribution in [0, 0.1) is 0 Å². The number of piperidine rings is 1. The van der Waals surface area contributed by atoms with Crippen molar-refractivity contribution < 1.29 is 9.59 Å². The molecule has 0 atom stereocenters. The quantitative estimate of drug-likeness (QED) is 0.549. The predicted octanol–water partition coefficient (Wildman–Crippen LogP) is 3.76. The number of halogens is 1. The van der Waals surface area contributed by atoms with Crippen molar-refractivity contribution in [3.05, 3.63) is 64.8 Å². The molecule has 0 radical (unpaired) electrons. The van der Waals surface area contributed by atoms with E-state index in [-0.39, 0.29) is 17.9 Å². The number of nitrogens with one attached hydrogen (secondary N) is 3. The number of carbonyl (C=O) groups is 2. The maximum Gasteiger partial charge on any atom is 0.269 e. The van der Waals surface area contributed by atoms with E-state index in [1.165, 1.54) is 0 Å². The van der Waals surface area contributed by atoms with Crippen molar-refractivity contribution in [1.29, 1.82) is 0 Å². The molecule has 6 nitrogen and oxygen atoms in total. The fourth-order valence-corrected chi connectivity index (χ4v) is 4.31. The minimum atomic E-state index is -0.103. The van der Waals surface area contributed by atoms with E-state index in [1.807, 2.05) is 54.6 Å². The SMILES string of the molecule is O=C(CN1CCC(NC(=O)c2[nH]c3ccccc3c2Br)CC1)Nc1ccccc1. The Morgan fingerprint density at radius 2 is 1.72 bits per heavy atom. The largest absolute Gasteiger partial charge is 0.350 e. The number of rotatable bonds is 5. The summed E-state index contributed by atoms with van der Waals surface area (Å²) in [5, 5.41) is 7.03. The first-order valence-electron chi connectivity index (χ1n) is 9.74. The summed E-state index contributed by atoms with van der Waals surface area (Å²) in [6, 6.07) is 17.4. The molecule has 4 rings (SSSR count). The van der Waals surface area contributed by atoms with Gasteiger partial charge in [-0.1, -0.05) is 36.4 Å². The number of nitrogens with zero attached hydrogens (tertiary/aromatic N) is 1. The fourth-order valence-electron chi connectivity index (χ4n) is 3.68. The van der Waals surface area contributed by atoms with Gasteiger partial charge in [0.05, 0.1) is 11.0 Å². The van der Waals surface area contributed by atoms with Gasteiger partial charge in [-0.3, -0.25) is 14.5 Å². The molecule has 7 heteroatoms. The molecule has 3 N–H and O–H groups in total. The van der Waals surface area contributed by atoms with Gasteiger partial charge in [0, 0.05) is 35.7 Å². The molecule has 1 aliphatic rings. The van der Waals surface area contributed by atoms with Gasteiger partial charge >= 0.3 is 0 Å². The Morgan fingerprint density at radius 1 is 1.03 bits per heavy atom. The summed E-state index contributed by atoms with van der Waals surface area (Å²) < 4.78 is 0.792. The van der Waals surface area contributed by atoms with Crippen molar-refractivity contribution in [2.75, 3.05) is 25.0 Å². The second-order valence-electron chi connectivity index (χ2n) is 7.30. The van der Waals surface area contributed by atoms with Gasteiger partial charge in [-0.2, -0.15) is 0 Å². The third-order valence-corrected chi connectivity index (χ3v) is 6.04. The number of aromatic amines is 1. The normalized spacial score (nSPS) is 15.3. The topological polar surface area (TPSA) is 77.2 Å². The van der Waals surface area contributed by atoms with E-state index in [1.54, 1.807) is 0 Å². The van der Waals surface area contributed by atoms with Gasteiger partial charge < -0.3 is 15.6 Å². The number of likely N-dealkylation sites (tertiary alicyclic amines) is 1. The van der Waals surface area contributed by atoms with Crippen LogP contribution in [0.1, 0.15) is 23.3 Å². The van der Waals surface area contributed by atoms with Crippen LogP contribution in [0.2, 0.25) is 0 Å². The first kappa shape index (κ1) is 19.7. The lowest BCUT2D eigenvalue weighted by atomic mass is 10.0. The molecule has 1 saturated heterocycles. The number of H-pyrrole nitrogens is 1. The maximum atomic E-state index is 12.7. The Kier molecular flexibility index (Phi) is 5.97. The van der Waals surface area contributed by atoms with Gasteiger partial charge in [-0.05, 0) is 47.0 Å². The maximum absolute atomic E-state index is 12.7. The molecule has 1 aromatic heterocycles. The standard InChI is InChI=1S/C22H23BrN4O2/c23-20-17-8-4-5-9-18(17)26-21(20)22(29)25-16-10-12-27(13-11-16)14-19(28)24-15-6-2-1-3-7-15/h1-9,16,26H,10-14H2,(H,24,28)(H,25,29). The molecule has 0 aliphatic carbocycles. The van der Waals surface area contributed by atoms with Crippen molar-refractivity contribution in [2.45, 2.75) is 18.9 Å². The van der Waals surface area contributed by atoms with Crippen LogP contribution in [-0.2, 0) is 4.79 Å². The lowest BCUT2D eigenvalue weighted by Crippen LogP contribution is -2.46. The Labute approximate surface area is 177 Å². The molecule has 2 aromatic carbocycles. The van der Waals surface area contributed by atoms with Crippen molar-refractivity contribution >= 4 is 44.3 Å². The number of aromatic nitrogens is 1. The van der Waals surface area contributed by atoms with Gasteiger partial charge in [-0.15, -0.1) is 0 Å². The zero-order valence-electron chi connectivity index (χ0n) is 16.0. The zero-order valence-corrected chi connectivity index (χ0v) is 17.5. The lowest BCUT2D eigenvalue weighted by molar-refractivity contribution is -0.117. The molecule has 2 heterocycles. The van der Waals surface area contributed by atoms with Crippen LogP contribution in [0.5, 0.6) is 0 Å². The number of anilines is 1. The molecule has 3 aromatic rings. The number of hydrogen-bond acceptors (Lipinski definition) is 3. The summed E-state index contributed by atoms with van der Waals surface area (Å²) >= 11 is 3.54. The lowest BCUT2D eigenvalue weighted by Gasteiger charge is -2.31. The summed E-state index contributed by atoms with van der Waals surface area (Å²) in [5.41, 5.74) is 2.29. The summed E-state index contributed by atoms with van der Waals surface area (Å²) in [7, 11) is 0. The van der Waals surface area contributed by atoms with Gasteiger partial charge in [0.25, 0.3) is 5.91 Å². The number of benzene rings is 2. The molecule has 1 aliphatic heterocycles. The van der Waals surface area contributed by atoms with E-state index in [9.17, 15) is 9.59 Å². The summed E-state index contributed by atoms with van der Waals surface area (Å²) in [6.07, 6.45) is 1.64. The number of amides is 2. The minimum absolute atomic E-state index is 0.0132. The Morgan fingerprint density at radius 3 is 2.45 bits per heavy atom. The summed E-state index contributed by atoms with van der Waals surface area (Å²) in [4.78, 5) is 30.2. The second kappa shape index (κ2) is 8.80. The van der Waals surface area contributed by atoms with Gasteiger partial charge in [0.15, 0.2) is 0 Å². The molecular formula is C22H23BrN4O2. The number of hydrogen-bond donors (Lipinski definition) is 3. The number of para-hydroxylation sites is 2. The fraction of sp³-hybridized carbons (Fsp3) is 0.273. The molecule has 1 fully saturated rings. The summed E-state index contributed by atoms with van der Waals surface area (Å²) in [6.45, 7) is 1.92. The highest BCUT2D eigenvalue weighted by atomic mass is 79.9. The first-order valence-corrected chi connectivity index (χ1v) is 10.5. The number of fused-ring (bicyclic) bond motifs is 1. The zero-order chi connectivity index (χ0) is 20.2. The smallest absolute Gasteiger partial charge is 0.269 e. The second-order valence-corrected chi connectivity index (χ2v) is 8.09. The van der Waals surface area contributed by atoms with Crippen molar-refractivity contribution in [3.8, 4) is 0 Å². The molecule has 0 unspecified atom stereocenters. The van der Waals surface area contributed by atoms with E-state index >= 15 is 0 Å². The van der Waals surface area contributed by atoms with Gasteiger partial charge in [0.1, 0.15) is 5.69 Å². The predicted molar refractivity (Wildman–Crippen MR) is 118 cm³/mol. The molecular weight excluding hydrogens is 432 g/mol. The van der Waals surface area contributed by atoms with Crippen LogP contribution in [0.3, 0.4) is 0 Å². The number of carbonyl (C=O) groups excluding carboxylic acids is 2. The van der Waals surface area contributed by atoms with E-state index in [2.05, 4.69) is 36.4 Å². The van der Waals surface area contributed by atoms with Crippen LogP contribution in [0.4, 0.5) is 5.69 Å². The molecule has 0 spiro atoms. The average Bonchev–Trinajstić information content (AvgIpc) is 3.07. The minimum Gasteiger partial charge on any atom is -0.350 e. The van der Waals surface area contributed by atoms with Crippen molar-refractivity contribution in [3.63, 3.8) is 0 Å². The van der Waals surface area contributed by atoms with Crippen LogP contribution in [0.25, 0.3) is 10.9 Å². The third kappa shape index (κ3) is 4.68.